The Labute approximate surface area is 153 Å². The second-order valence-electron chi connectivity index (χ2n) is 7.07. The molecule has 1 N–H and O–H groups in total. The zero-order valence-corrected chi connectivity index (χ0v) is 15.4. The minimum Gasteiger partial charge on any atom is -0.495 e. The number of ether oxygens (including phenoxy) is 1. The standard InChI is InChI=1S/C19H25N3O4/c1-21(2)18(24)13-8-9-16(26-3)14(11-13)20-17(23)15-5-4-10-22(15)19(25)12-6-7-12/h8-9,11-12,15H,4-7,10H2,1-3H3,(H,20,23). The van der Waals surface area contributed by atoms with Crippen LogP contribution < -0.4 is 10.1 Å². The molecule has 2 fully saturated rings. The van der Waals surface area contributed by atoms with Crippen LogP contribution in [0.5, 0.6) is 5.75 Å². The van der Waals surface area contributed by atoms with Gasteiger partial charge in [0.2, 0.25) is 11.8 Å². The second-order valence-corrected chi connectivity index (χ2v) is 7.07. The molecular weight excluding hydrogens is 334 g/mol. The first-order valence-corrected chi connectivity index (χ1v) is 8.93. The Balaban J connectivity index is 1.78. The van der Waals surface area contributed by atoms with Crippen molar-refractivity contribution in [3.63, 3.8) is 0 Å². The highest BCUT2D eigenvalue weighted by molar-refractivity contribution is 6.01. The summed E-state index contributed by atoms with van der Waals surface area (Å²) in [6, 6.07) is 4.48. The molecule has 3 amide bonds. The first kappa shape index (κ1) is 18.2. The lowest BCUT2D eigenvalue weighted by molar-refractivity contribution is -0.137. The highest BCUT2D eigenvalue weighted by Gasteiger charge is 2.41. The summed E-state index contributed by atoms with van der Waals surface area (Å²) in [6.07, 6.45) is 3.33. The molecule has 1 aliphatic carbocycles. The SMILES string of the molecule is COc1ccc(C(=O)N(C)C)cc1NC(=O)C1CCCN1C(=O)C1CC1. The third-order valence-corrected chi connectivity index (χ3v) is 4.88. The Morgan fingerprint density at radius 1 is 1.19 bits per heavy atom. The molecule has 140 valence electrons. The van der Waals surface area contributed by atoms with Gasteiger partial charge in [0.15, 0.2) is 0 Å². The van der Waals surface area contributed by atoms with Crippen molar-refractivity contribution in [3.8, 4) is 5.75 Å². The number of nitrogens with one attached hydrogen (secondary N) is 1. The number of rotatable bonds is 5. The molecule has 1 atom stereocenters. The first-order chi connectivity index (χ1) is 12.4. The van der Waals surface area contributed by atoms with Crippen molar-refractivity contribution in [2.75, 3.05) is 33.1 Å². The zero-order valence-electron chi connectivity index (χ0n) is 15.4. The number of hydrogen-bond acceptors (Lipinski definition) is 4. The number of likely N-dealkylation sites (tertiary alicyclic amines) is 1. The van der Waals surface area contributed by atoms with Crippen LogP contribution in [0.1, 0.15) is 36.0 Å². The lowest BCUT2D eigenvalue weighted by Crippen LogP contribution is -2.43. The lowest BCUT2D eigenvalue weighted by Gasteiger charge is -2.24. The number of benzene rings is 1. The molecule has 1 saturated heterocycles. The van der Waals surface area contributed by atoms with Crippen molar-refractivity contribution in [1.29, 1.82) is 0 Å². The van der Waals surface area contributed by atoms with Crippen molar-refractivity contribution >= 4 is 23.4 Å². The zero-order chi connectivity index (χ0) is 18.8. The van der Waals surface area contributed by atoms with Crippen LogP contribution in [0, 0.1) is 5.92 Å². The molecule has 1 aromatic rings. The summed E-state index contributed by atoms with van der Waals surface area (Å²) >= 11 is 0. The molecule has 1 unspecified atom stereocenters. The largest absolute Gasteiger partial charge is 0.495 e. The van der Waals surface area contributed by atoms with E-state index in [4.69, 9.17) is 4.74 Å². The number of hydrogen-bond donors (Lipinski definition) is 1. The summed E-state index contributed by atoms with van der Waals surface area (Å²) in [5.74, 6) is 0.274. The maximum Gasteiger partial charge on any atom is 0.253 e. The molecule has 0 aromatic heterocycles. The summed E-state index contributed by atoms with van der Waals surface area (Å²) < 4.78 is 5.31. The highest BCUT2D eigenvalue weighted by Crippen LogP contribution is 2.34. The number of carbonyl (C=O) groups excluding carboxylic acids is 3. The van der Waals surface area contributed by atoms with Crippen LogP contribution in [0.3, 0.4) is 0 Å². The maximum absolute atomic E-state index is 12.8. The molecular formula is C19H25N3O4. The van der Waals surface area contributed by atoms with E-state index >= 15 is 0 Å². The van der Waals surface area contributed by atoms with Gasteiger partial charge in [-0.05, 0) is 43.9 Å². The molecule has 1 aliphatic heterocycles. The third kappa shape index (κ3) is 3.66. The lowest BCUT2D eigenvalue weighted by atomic mass is 10.1. The summed E-state index contributed by atoms with van der Waals surface area (Å²) in [7, 11) is 4.85. The van der Waals surface area contributed by atoms with Crippen LogP contribution in [0.2, 0.25) is 0 Å². The predicted octanol–water partition coefficient (Wildman–Crippen LogP) is 1.74. The van der Waals surface area contributed by atoms with Crippen molar-refractivity contribution in [2.45, 2.75) is 31.7 Å². The van der Waals surface area contributed by atoms with Gasteiger partial charge in [0.1, 0.15) is 11.8 Å². The van der Waals surface area contributed by atoms with E-state index < -0.39 is 6.04 Å². The second kappa shape index (κ2) is 7.35. The van der Waals surface area contributed by atoms with E-state index in [-0.39, 0.29) is 23.6 Å². The fourth-order valence-corrected chi connectivity index (χ4v) is 3.28. The van der Waals surface area contributed by atoms with E-state index in [2.05, 4.69) is 5.32 Å². The first-order valence-electron chi connectivity index (χ1n) is 8.93. The highest BCUT2D eigenvalue weighted by atomic mass is 16.5. The number of anilines is 1. The van der Waals surface area contributed by atoms with Gasteiger partial charge in [-0.25, -0.2) is 0 Å². The molecule has 7 heteroatoms. The topological polar surface area (TPSA) is 79.0 Å². The molecule has 1 saturated carbocycles. The smallest absolute Gasteiger partial charge is 0.253 e. The fourth-order valence-electron chi connectivity index (χ4n) is 3.28. The average molecular weight is 359 g/mol. The van der Waals surface area contributed by atoms with Gasteiger partial charge >= 0.3 is 0 Å². The van der Waals surface area contributed by atoms with Crippen LogP contribution in [0.25, 0.3) is 0 Å². The summed E-state index contributed by atoms with van der Waals surface area (Å²) in [6.45, 7) is 0.629. The van der Waals surface area contributed by atoms with Crippen molar-refractivity contribution in [1.82, 2.24) is 9.80 Å². The van der Waals surface area contributed by atoms with Crippen molar-refractivity contribution in [2.24, 2.45) is 5.92 Å². The van der Waals surface area contributed by atoms with Gasteiger partial charge in [-0.15, -0.1) is 0 Å². The molecule has 0 spiro atoms. The molecule has 3 rings (SSSR count). The van der Waals surface area contributed by atoms with Crippen LogP contribution in [0.15, 0.2) is 18.2 Å². The average Bonchev–Trinajstić information content (AvgIpc) is 3.36. The van der Waals surface area contributed by atoms with Gasteiger partial charge in [0.25, 0.3) is 5.91 Å². The van der Waals surface area contributed by atoms with E-state index in [0.29, 0.717) is 30.0 Å². The molecule has 1 aromatic carbocycles. The Hall–Kier alpha value is -2.57. The monoisotopic (exact) mass is 359 g/mol. The van der Waals surface area contributed by atoms with Gasteiger partial charge in [-0.3, -0.25) is 14.4 Å². The molecule has 1 heterocycles. The minimum absolute atomic E-state index is 0.0890. The molecule has 0 radical (unpaired) electrons. The maximum atomic E-state index is 12.8. The quantitative estimate of drug-likeness (QED) is 0.868. The normalized spacial score (nSPS) is 19.2. The van der Waals surface area contributed by atoms with E-state index in [9.17, 15) is 14.4 Å². The van der Waals surface area contributed by atoms with E-state index in [1.165, 1.54) is 12.0 Å². The van der Waals surface area contributed by atoms with Crippen LogP contribution in [-0.4, -0.2) is 61.3 Å². The van der Waals surface area contributed by atoms with E-state index in [1.54, 1.807) is 37.2 Å². The molecule has 0 bridgehead atoms. The van der Waals surface area contributed by atoms with Crippen molar-refractivity contribution < 1.29 is 19.1 Å². The van der Waals surface area contributed by atoms with Crippen molar-refractivity contribution in [3.05, 3.63) is 23.8 Å². The van der Waals surface area contributed by atoms with Gasteiger partial charge in [0.05, 0.1) is 12.8 Å². The number of methoxy groups -OCH3 is 1. The number of nitrogens with zero attached hydrogens (tertiary/aromatic N) is 2. The van der Waals surface area contributed by atoms with E-state index in [0.717, 1.165) is 19.3 Å². The molecule has 2 aliphatic rings. The van der Waals surface area contributed by atoms with Crippen LogP contribution in [0.4, 0.5) is 5.69 Å². The van der Waals surface area contributed by atoms with Crippen LogP contribution in [-0.2, 0) is 9.59 Å². The Morgan fingerprint density at radius 3 is 2.54 bits per heavy atom. The van der Waals surface area contributed by atoms with Gasteiger partial charge in [0, 0.05) is 32.1 Å². The Bertz CT molecular complexity index is 727. The molecule has 7 nitrogen and oxygen atoms in total. The molecule has 26 heavy (non-hydrogen) atoms. The summed E-state index contributed by atoms with van der Waals surface area (Å²) in [5, 5.41) is 2.85. The predicted molar refractivity (Wildman–Crippen MR) is 97.1 cm³/mol. The Kier molecular flexibility index (Phi) is 5.15. The minimum atomic E-state index is -0.457. The van der Waals surface area contributed by atoms with Gasteiger partial charge < -0.3 is 19.9 Å². The fraction of sp³-hybridized carbons (Fsp3) is 0.526. The van der Waals surface area contributed by atoms with E-state index in [1.807, 2.05) is 0 Å². The van der Waals surface area contributed by atoms with Gasteiger partial charge in [-0.2, -0.15) is 0 Å². The summed E-state index contributed by atoms with van der Waals surface area (Å²) in [4.78, 5) is 40.5. The number of carbonyl (C=O) groups is 3. The Morgan fingerprint density at radius 2 is 1.92 bits per heavy atom. The third-order valence-electron chi connectivity index (χ3n) is 4.88. The summed E-state index contributed by atoms with van der Waals surface area (Å²) in [5.41, 5.74) is 0.902. The van der Waals surface area contributed by atoms with Gasteiger partial charge in [-0.1, -0.05) is 0 Å². The van der Waals surface area contributed by atoms with Crippen LogP contribution >= 0.6 is 0 Å². The number of amides is 3.